The number of halogens is 2. The minimum Gasteiger partial charge on any atom is -0.480 e. The summed E-state index contributed by atoms with van der Waals surface area (Å²) in [6.45, 7) is -2.67. The number of para-hydroxylation sites is 1. The third-order valence-electron chi connectivity index (χ3n) is 3.64. The first-order chi connectivity index (χ1) is 10.6. The van der Waals surface area contributed by atoms with Gasteiger partial charge < -0.3 is 9.64 Å². The second-order valence-corrected chi connectivity index (χ2v) is 5.14. The zero-order valence-corrected chi connectivity index (χ0v) is 11.9. The average molecular weight is 307 g/mol. The van der Waals surface area contributed by atoms with Crippen molar-refractivity contribution in [1.29, 1.82) is 0 Å². The second-order valence-electron chi connectivity index (χ2n) is 5.14. The summed E-state index contributed by atoms with van der Waals surface area (Å²) in [5.41, 5.74) is 0.975. The molecule has 1 aliphatic rings. The van der Waals surface area contributed by atoms with Crippen molar-refractivity contribution in [3.8, 4) is 5.75 Å². The largest absolute Gasteiger partial charge is 0.480 e. The highest BCUT2D eigenvalue weighted by Gasteiger charge is 2.31. The number of carbonyl (C=O) groups is 1. The number of hydrogen-bond acceptors (Lipinski definition) is 3. The quantitative estimate of drug-likeness (QED) is 0.870. The molecule has 5 nitrogen and oxygen atoms in total. The number of aromatic nitrogens is 2. The van der Waals surface area contributed by atoms with Crippen molar-refractivity contribution in [3.05, 3.63) is 48.0 Å². The minimum atomic E-state index is -2.67. The monoisotopic (exact) mass is 307 g/mol. The van der Waals surface area contributed by atoms with E-state index in [4.69, 9.17) is 4.74 Å². The van der Waals surface area contributed by atoms with E-state index in [9.17, 15) is 13.6 Å². The van der Waals surface area contributed by atoms with Crippen LogP contribution in [0.25, 0.3) is 0 Å². The predicted octanol–water partition coefficient (Wildman–Crippen LogP) is 2.24. The van der Waals surface area contributed by atoms with Gasteiger partial charge in [-0.15, -0.1) is 0 Å². The number of imidazole rings is 1. The summed E-state index contributed by atoms with van der Waals surface area (Å²) in [6, 6.07) is 7.45. The molecule has 0 spiro atoms. The molecule has 2 aromatic rings. The van der Waals surface area contributed by atoms with E-state index in [1.165, 1.54) is 17.3 Å². The number of rotatable bonds is 4. The highest BCUT2D eigenvalue weighted by molar-refractivity contribution is 5.82. The van der Waals surface area contributed by atoms with Gasteiger partial charge in [0.15, 0.2) is 6.10 Å². The lowest BCUT2D eigenvalue weighted by Gasteiger charge is -2.21. The van der Waals surface area contributed by atoms with E-state index < -0.39 is 12.7 Å². The van der Waals surface area contributed by atoms with Crippen LogP contribution in [-0.2, 0) is 17.8 Å². The van der Waals surface area contributed by atoms with Crippen molar-refractivity contribution in [2.45, 2.75) is 25.6 Å². The van der Waals surface area contributed by atoms with Crippen LogP contribution in [0.4, 0.5) is 8.78 Å². The fraction of sp³-hybridized carbons (Fsp3) is 0.333. The van der Waals surface area contributed by atoms with Gasteiger partial charge in [-0.2, -0.15) is 8.78 Å². The van der Waals surface area contributed by atoms with Gasteiger partial charge in [-0.25, -0.2) is 4.98 Å². The smallest absolute Gasteiger partial charge is 0.319 e. The Morgan fingerprint density at radius 1 is 1.50 bits per heavy atom. The molecule has 0 saturated carbocycles. The molecule has 0 saturated heterocycles. The summed E-state index contributed by atoms with van der Waals surface area (Å²) in [7, 11) is 1.55. The Hall–Kier alpha value is -2.44. The van der Waals surface area contributed by atoms with Crippen molar-refractivity contribution in [2.24, 2.45) is 0 Å². The molecule has 0 bridgehead atoms. The Labute approximate surface area is 126 Å². The molecule has 0 aliphatic carbocycles. The maximum absolute atomic E-state index is 12.8. The molecule has 1 unspecified atom stereocenters. The highest BCUT2D eigenvalue weighted by atomic mass is 19.3. The number of benzene rings is 1. The molecule has 2 heterocycles. The van der Waals surface area contributed by atoms with E-state index in [2.05, 4.69) is 4.98 Å². The van der Waals surface area contributed by atoms with Gasteiger partial charge in [-0.1, -0.05) is 18.2 Å². The molecule has 1 aliphatic heterocycles. The van der Waals surface area contributed by atoms with Crippen molar-refractivity contribution in [2.75, 3.05) is 7.05 Å². The average Bonchev–Trinajstić information content (AvgIpc) is 3.12. The fourth-order valence-electron chi connectivity index (χ4n) is 2.50. The molecule has 1 amide bonds. The third-order valence-corrected chi connectivity index (χ3v) is 3.64. The van der Waals surface area contributed by atoms with E-state index in [1.807, 2.05) is 24.3 Å². The van der Waals surface area contributed by atoms with Crippen LogP contribution < -0.4 is 4.74 Å². The van der Waals surface area contributed by atoms with E-state index >= 15 is 0 Å². The van der Waals surface area contributed by atoms with Gasteiger partial charge in [0, 0.05) is 25.9 Å². The number of amides is 1. The predicted molar refractivity (Wildman–Crippen MR) is 74.5 cm³/mol. The van der Waals surface area contributed by atoms with Gasteiger partial charge in [-0.3, -0.25) is 9.36 Å². The molecule has 7 heteroatoms. The van der Waals surface area contributed by atoms with E-state index in [-0.39, 0.29) is 18.3 Å². The first-order valence-corrected chi connectivity index (χ1v) is 6.85. The molecule has 1 atom stereocenters. The van der Waals surface area contributed by atoms with Crippen molar-refractivity contribution >= 4 is 5.91 Å². The van der Waals surface area contributed by atoms with Crippen LogP contribution in [0.1, 0.15) is 17.9 Å². The zero-order valence-electron chi connectivity index (χ0n) is 11.9. The SMILES string of the molecule is CN(Cc1nccn1C(F)F)C(=O)C1Cc2ccccc2O1. The molecule has 3 rings (SSSR count). The first kappa shape index (κ1) is 14.5. The molecule has 0 radical (unpaired) electrons. The van der Waals surface area contributed by atoms with Crippen molar-refractivity contribution in [3.63, 3.8) is 0 Å². The molecule has 1 aromatic heterocycles. The van der Waals surface area contributed by atoms with E-state index in [0.29, 0.717) is 12.2 Å². The summed E-state index contributed by atoms with van der Waals surface area (Å²) in [5, 5.41) is 0. The number of hydrogen-bond donors (Lipinski definition) is 0. The maximum Gasteiger partial charge on any atom is 0.319 e. The Morgan fingerprint density at radius 2 is 2.27 bits per heavy atom. The summed E-state index contributed by atoms with van der Waals surface area (Å²) < 4.78 is 31.9. The van der Waals surface area contributed by atoms with Crippen LogP contribution in [0, 0.1) is 0 Å². The molecule has 0 N–H and O–H groups in total. The number of nitrogens with zero attached hydrogens (tertiary/aromatic N) is 3. The lowest BCUT2D eigenvalue weighted by atomic mass is 10.1. The van der Waals surface area contributed by atoms with Gasteiger partial charge in [0.1, 0.15) is 11.6 Å². The molecular formula is C15H15F2N3O2. The molecule has 22 heavy (non-hydrogen) atoms. The number of likely N-dealkylation sites (N-methyl/N-ethyl adjacent to an activating group) is 1. The maximum atomic E-state index is 12.8. The minimum absolute atomic E-state index is 0.00633. The molecular weight excluding hydrogens is 292 g/mol. The Kier molecular flexibility index (Phi) is 3.79. The Bertz CT molecular complexity index is 662. The van der Waals surface area contributed by atoms with Crippen molar-refractivity contribution < 1.29 is 18.3 Å². The molecule has 0 fully saturated rings. The van der Waals surface area contributed by atoms with Crippen LogP contribution >= 0.6 is 0 Å². The van der Waals surface area contributed by atoms with E-state index in [1.54, 1.807) is 7.05 Å². The number of fused-ring (bicyclic) bond motifs is 1. The van der Waals surface area contributed by atoms with Gasteiger partial charge in [0.25, 0.3) is 5.91 Å². The summed E-state index contributed by atoms with van der Waals surface area (Å²) >= 11 is 0. The molecule has 116 valence electrons. The number of carbonyl (C=O) groups excluding carboxylic acids is 1. The zero-order chi connectivity index (χ0) is 15.7. The second kappa shape index (κ2) is 5.75. The normalized spacial score (nSPS) is 16.5. The summed E-state index contributed by atoms with van der Waals surface area (Å²) in [5.74, 6) is 0.588. The number of alkyl halides is 2. The summed E-state index contributed by atoms with van der Waals surface area (Å²) in [4.78, 5) is 17.6. The van der Waals surface area contributed by atoms with Gasteiger partial charge in [-0.05, 0) is 11.6 Å². The Balaban J connectivity index is 1.67. The lowest BCUT2D eigenvalue weighted by molar-refractivity contribution is -0.137. The molecule has 1 aromatic carbocycles. The topological polar surface area (TPSA) is 47.4 Å². The van der Waals surface area contributed by atoms with Crippen LogP contribution in [0.5, 0.6) is 5.75 Å². The van der Waals surface area contributed by atoms with E-state index in [0.717, 1.165) is 10.1 Å². The van der Waals surface area contributed by atoms with Crippen LogP contribution in [0.2, 0.25) is 0 Å². The number of ether oxygens (including phenoxy) is 1. The van der Waals surface area contributed by atoms with Gasteiger partial charge in [0.05, 0.1) is 6.54 Å². The van der Waals surface area contributed by atoms with Gasteiger partial charge in [0.2, 0.25) is 0 Å². The summed E-state index contributed by atoms with van der Waals surface area (Å²) in [6.07, 6.45) is 2.36. The van der Waals surface area contributed by atoms with Crippen LogP contribution in [0.3, 0.4) is 0 Å². The first-order valence-electron chi connectivity index (χ1n) is 6.85. The fourth-order valence-corrected chi connectivity index (χ4v) is 2.50. The standard InChI is InChI=1S/C15H15F2N3O2/c1-19(9-13-18-6-7-20(13)15(16)17)14(21)12-8-10-4-2-3-5-11(10)22-12/h2-7,12,15H,8-9H2,1H3. The third kappa shape index (κ3) is 2.66. The Morgan fingerprint density at radius 3 is 3.00 bits per heavy atom. The van der Waals surface area contributed by atoms with Crippen LogP contribution in [-0.4, -0.2) is 33.5 Å². The lowest BCUT2D eigenvalue weighted by Crippen LogP contribution is -2.39. The highest BCUT2D eigenvalue weighted by Crippen LogP contribution is 2.29. The van der Waals surface area contributed by atoms with Gasteiger partial charge >= 0.3 is 6.55 Å². The van der Waals surface area contributed by atoms with Crippen molar-refractivity contribution in [1.82, 2.24) is 14.5 Å². The van der Waals surface area contributed by atoms with Crippen LogP contribution in [0.15, 0.2) is 36.7 Å².